The number of rotatable bonds is 3. The molecule has 0 aliphatic carbocycles. The normalized spacial score (nSPS) is 18.4. The summed E-state index contributed by atoms with van der Waals surface area (Å²) in [6, 6.07) is 0. The number of likely N-dealkylation sites (tertiary alicyclic amines) is 1. The van der Waals surface area contributed by atoms with Crippen molar-refractivity contribution in [3.8, 4) is 0 Å². The Morgan fingerprint density at radius 3 is 2.24 bits per heavy atom. The number of nitrogens with two attached hydrogens (primary N) is 2. The summed E-state index contributed by atoms with van der Waals surface area (Å²) >= 11 is 0. The van der Waals surface area contributed by atoms with Crippen LogP contribution in [0, 0.1) is 5.92 Å². The van der Waals surface area contributed by atoms with Crippen molar-refractivity contribution in [2.75, 3.05) is 31.2 Å². The first-order valence-electron chi connectivity index (χ1n) is 5.76. The van der Waals surface area contributed by atoms with E-state index in [0.29, 0.717) is 18.3 Å². The lowest BCUT2D eigenvalue weighted by molar-refractivity contribution is 0.125. The first-order valence-corrected chi connectivity index (χ1v) is 5.76. The third-order valence-corrected chi connectivity index (χ3v) is 3.05. The van der Waals surface area contributed by atoms with Gasteiger partial charge in [-0.1, -0.05) is 0 Å². The molecule has 0 saturated carbocycles. The fourth-order valence-corrected chi connectivity index (χ4v) is 2.05. The molecule has 1 fully saturated rings. The highest BCUT2D eigenvalue weighted by Gasteiger charge is 2.19. The highest BCUT2D eigenvalue weighted by molar-refractivity contribution is 5.25. The second-order valence-electron chi connectivity index (χ2n) is 4.37. The molecule has 94 valence electrons. The Bertz CT molecular complexity index is 357. The van der Waals surface area contributed by atoms with Crippen molar-refractivity contribution < 1.29 is 5.11 Å². The van der Waals surface area contributed by atoms with Crippen molar-refractivity contribution in [2.45, 2.75) is 19.4 Å². The molecule has 0 unspecified atom stereocenters. The van der Waals surface area contributed by atoms with Crippen LogP contribution in [-0.4, -0.2) is 44.7 Å². The molecule has 0 bridgehead atoms. The number of hydrogen-bond donors (Lipinski definition) is 3. The molecule has 2 heterocycles. The van der Waals surface area contributed by atoms with Crippen molar-refractivity contribution in [3.63, 3.8) is 0 Å². The zero-order valence-electron chi connectivity index (χ0n) is 9.71. The molecule has 0 spiro atoms. The Morgan fingerprint density at radius 2 is 1.71 bits per heavy atom. The van der Waals surface area contributed by atoms with Crippen LogP contribution in [0.25, 0.3) is 0 Å². The molecular weight excluding hydrogens is 220 g/mol. The zero-order valence-corrected chi connectivity index (χ0v) is 9.71. The van der Waals surface area contributed by atoms with Gasteiger partial charge in [0.1, 0.15) is 5.82 Å². The van der Waals surface area contributed by atoms with E-state index in [-0.39, 0.29) is 18.5 Å². The number of hydrogen-bond acceptors (Lipinski definition) is 7. The molecular formula is C10H18N6O. The molecule has 1 aromatic rings. The van der Waals surface area contributed by atoms with Gasteiger partial charge in [0, 0.05) is 6.61 Å². The maximum atomic E-state index is 9.06. The van der Waals surface area contributed by atoms with Gasteiger partial charge in [0.25, 0.3) is 0 Å². The first kappa shape index (κ1) is 12.0. The highest BCUT2D eigenvalue weighted by atomic mass is 16.3. The average molecular weight is 238 g/mol. The van der Waals surface area contributed by atoms with Crippen LogP contribution in [0.1, 0.15) is 18.7 Å². The lowest BCUT2D eigenvalue weighted by atomic mass is 9.98. The van der Waals surface area contributed by atoms with Gasteiger partial charge in [-0.25, -0.2) is 0 Å². The quantitative estimate of drug-likeness (QED) is 0.634. The number of aliphatic hydroxyl groups excluding tert-OH is 1. The van der Waals surface area contributed by atoms with Gasteiger partial charge in [0.15, 0.2) is 0 Å². The molecule has 0 amide bonds. The van der Waals surface area contributed by atoms with Gasteiger partial charge < -0.3 is 16.6 Å². The molecule has 1 aliphatic heterocycles. The van der Waals surface area contributed by atoms with Crippen molar-refractivity contribution in [3.05, 3.63) is 5.82 Å². The van der Waals surface area contributed by atoms with Crippen LogP contribution in [-0.2, 0) is 6.54 Å². The third-order valence-electron chi connectivity index (χ3n) is 3.05. The Morgan fingerprint density at radius 1 is 1.12 bits per heavy atom. The summed E-state index contributed by atoms with van der Waals surface area (Å²) in [5, 5.41) is 9.06. The summed E-state index contributed by atoms with van der Waals surface area (Å²) in [5.41, 5.74) is 11.0. The summed E-state index contributed by atoms with van der Waals surface area (Å²) in [6.45, 7) is 2.79. The van der Waals surface area contributed by atoms with E-state index in [2.05, 4.69) is 19.9 Å². The predicted molar refractivity (Wildman–Crippen MR) is 63.7 cm³/mol. The Hall–Kier alpha value is -1.47. The van der Waals surface area contributed by atoms with Gasteiger partial charge >= 0.3 is 0 Å². The molecule has 0 atom stereocenters. The molecule has 1 aliphatic rings. The number of anilines is 2. The Balaban J connectivity index is 1.93. The molecule has 0 aromatic carbocycles. The van der Waals surface area contributed by atoms with E-state index in [1.165, 1.54) is 0 Å². The summed E-state index contributed by atoms with van der Waals surface area (Å²) in [7, 11) is 0. The molecule has 1 aromatic heterocycles. The predicted octanol–water partition coefficient (Wildman–Crippen LogP) is -0.760. The molecule has 17 heavy (non-hydrogen) atoms. The van der Waals surface area contributed by atoms with E-state index in [9.17, 15) is 0 Å². The van der Waals surface area contributed by atoms with Gasteiger partial charge in [-0.3, -0.25) is 4.90 Å². The van der Waals surface area contributed by atoms with Crippen LogP contribution in [0.2, 0.25) is 0 Å². The van der Waals surface area contributed by atoms with Gasteiger partial charge in [-0.15, -0.1) is 0 Å². The fraction of sp³-hybridized carbons (Fsp3) is 0.700. The van der Waals surface area contributed by atoms with E-state index in [1.807, 2.05) is 0 Å². The fourth-order valence-electron chi connectivity index (χ4n) is 2.05. The minimum absolute atomic E-state index is 0.165. The molecule has 1 saturated heterocycles. The molecule has 2 rings (SSSR count). The van der Waals surface area contributed by atoms with Crippen LogP contribution in [0.5, 0.6) is 0 Å². The van der Waals surface area contributed by atoms with Crippen LogP contribution in [0.3, 0.4) is 0 Å². The maximum Gasteiger partial charge on any atom is 0.225 e. The number of piperidine rings is 1. The first-order chi connectivity index (χ1) is 8.17. The van der Waals surface area contributed by atoms with Crippen LogP contribution < -0.4 is 11.5 Å². The molecule has 7 heteroatoms. The number of aromatic nitrogens is 3. The van der Waals surface area contributed by atoms with Crippen molar-refractivity contribution in [1.82, 2.24) is 19.9 Å². The van der Waals surface area contributed by atoms with Gasteiger partial charge in [-0.05, 0) is 31.8 Å². The van der Waals surface area contributed by atoms with E-state index < -0.39 is 0 Å². The number of aliphatic hydroxyl groups is 1. The van der Waals surface area contributed by atoms with Gasteiger partial charge in [0.05, 0.1) is 6.54 Å². The largest absolute Gasteiger partial charge is 0.396 e. The topological polar surface area (TPSA) is 114 Å². The second kappa shape index (κ2) is 5.24. The highest BCUT2D eigenvalue weighted by Crippen LogP contribution is 2.17. The summed E-state index contributed by atoms with van der Waals surface area (Å²) in [4.78, 5) is 14.1. The number of nitrogens with zero attached hydrogens (tertiary/aromatic N) is 4. The van der Waals surface area contributed by atoms with E-state index in [0.717, 1.165) is 25.9 Å². The van der Waals surface area contributed by atoms with Crippen molar-refractivity contribution in [1.29, 1.82) is 0 Å². The summed E-state index contributed by atoms with van der Waals surface area (Å²) < 4.78 is 0. The smallest absolute Gasteiger partial charge is 0.225 e. The standard InChI is InChI=1S/C10H18N6O/c11-9-13-8(14-10(12)15-9)5-16-3-1-7(6-17)2-4-16/h7,17H,1-6H2,(H4,11,12,13,14,15). The Labute approximate surface area is 99.9 Å². The Kier molecular flexibility index (Phi) is 3.70. The zero-order chi connectivity index (χ0) is 12.3. The minimum atomic E-state index is 0.165. The monoisotopic (exact) mass is 238 g/mol. The van der Waals surface area contributed by atoms with E-state index in [4.69, 9.17) is 16.6 Å². The van der Waals surface area contributed by atoms with E-state index >= 15 is 0 Å². The minimum Gasteiger partial charge on any atom is -0.396 e. The lowest BCUT2D eigenvalue weighted by Gasteiger charge is -2.30. The van der Waals surface area contributed by atoms with Gasteiger partial charge in [0.2, 0.25) is 11.9 Å². The third kappa shape index (κ3) is 3.24. The maximum absolute atomic E-state index is 9.06. The molecule has 0 radical (unpaired) electrons. The van der Waals surface area contributed by atoms with Crippen LogP contribution in [0.15, 0.2) is 0 Å². The van der Waals surface area contributed by atoms with Gasteiger partial charge in [-0.2, -0.15) is 15.0 Å². The van der Waals surface area contributed by atoms with Crippen LogP contribution in [0.4, 0.5) is 11.9 Å². The van der Waals surface area contributed by atoms with Crippen molar-refractivity contribution >= 4 is 11.9 Å². The molecule has 5 N–H and O–H groups in total. The SMILES string of the molecule is Nc1nc(N)nc(CN2CCC(CO)CC2)n1. The molecule has 7 nitrogen and oxygen atoms in total. The lowest BCUT2D eigenvalue weighted by Crippen LogP contribution is -2.34. The number of nitrogen functional groups attached to an aromatic ring is 2. The summed E-state index contributed by atoms with van der Waals surface area (Å²) in [6.07, 6.45) is 2.01. The van der Waals surface area contributed by atoms with Crippen LogP contribution >= 0.6 is 0 Å². The summed E-state index contributed by atoms with van der Waals surface area (Å²) in [5.74, 6) is 1.37. The second-order valence-corrected chi connectivity index (χ2v) is 4.37. The average Bonchev–Trinajstić information content (AvgIpc) is 2.28. The van der Waals surface area contributed by atoms with Crippen molar-refractivity contribution in [2.24, 2.45) is 5.92 Å². The van der Waals surface area contributed by atoms with E-state index in [1.54, 1.807) is 0 Å².